The van der Waals surface area contributed by atoms with Gasteiger partial charge in [0.05, 0.1) is 18.8 Å². The predicted molar refractivity (Wildman–Crippen MR) is 95.2 cm³/mol. The molecule has 0 aliphatic carbocycles. The number of thiophene rings is 1. The van der Waals surface area contributed by atoms with Crippen LogP contribution in [0.3, 0.4) is 0 Å². The van der Waals surface area contributed by atoms with Crippen molar-refractivity contribution in [2.75, 3.05) is 6.54 Å². The number of nitrogens with one attached hydrogen (secondary N) is 1. The highest BCUT2D eigenvalue weighted by atomic mass is 32.1. The molecule has 0 aromatic carbocycles. The van der Waals surface area contributed by atoms with Gasteiger partial charge in [0.25, 0.3) is 5.91 Å². The van der Waals surface area contributed by atoms with Crippen LogP contribution in [0.25, 0.3) is 0 Å². The summed E-state index contributed by atoms with van der Waals surface area (Å²) in [6.07, 6.45) is 3.45. The van der Waals surface area contributed by atoms with Crippen LogP contribution in [0.15, 0.2) is 45.8 Å². The van der Waals surface area contributed by atoms with E-state index in [-0.39, 0.29) is 11.9 Å². The summed E-state index contributed by atoms with van der Waals surface area (Å²) < 4.78 is 7.33. The van der Waals surface area contributed by atoms with Gasteiger partial charge in [0.1, 0.15) is 17.3 Å². The average molecular weight is 356 g/mol. The van der Waals surface area contributed by atoms with Crippen LogP contribution >= 0.6 is 11.3 Å². The number of fused-ring (bicyclic) bond motifs is 1. The molecule has 4 heterocycles. The Morgan fingerprint density at radius 3 is 3.12 bits per heavy atom. The molecule has 1 N–H and O–H groups in total. The number of hydrogen-bond acceptors (Lipinski definition) is 5. The fourth-order valence-electron chi connectivity index (χ4n) is 3.15. The molecule has 3 aromatic heterocycles. The summed E-state index contributed by atoms with van der Waals surface area (Å²) in [6.45, 7) is 5.23. The van der Waals surface area contributed by atoms with E-state index in [1.54, 1.807) is 23.7 Å². The molecule has 3 aromatic rings. The largest absolute Gasteiger partial charge is 0.467 e. The molecule has 0 saturated heterocycles. The van der Waals surface area contributed by atoms with E-state index in [1.165, 1.54) is 5.56 Å². The molecule has 4 rings (SSSR count). The maximum absolute atomic E-state index is 12.4. The van der Waals surface area contributed by atoms with Crippen LogP contribution in [0, 0.1) is 0 Å². The zero-order valence-electron chi connectivity index (χ0n) is 14.0. The molecule has 0 fully saturated rings. The zero-order chi connectivity index (χ0) is 17.2. The van der Waals surface area contributed by atoms with Gasteiger partial charge in [-0.2, -0.15) is 11.3 Å². The number of aromatic nitrogens is 2. The van der Waals surface area contributed by atoms with Crippen molar-refractivity contribution in [1.82, 2.24) is 19.8 Å². The number of amides is 1. The molecule has 1 aliphatic rings. The summed E-state index contributed by atoms with van der Waals surface area (Å²) in [6, 6.07) is 5.98. The van der Waals surface area contributed by atoms with Gasteiger partial charge in [0.2, 0.25) is 0 Å². The van der Waals surface area contributed by atoms with Crippen molar-refractivity contribution in [3.63, 3.8) is 0 Å². The topological polar surface area (TPSA) is 63.3 Å². The van der Waals surface area contributed by atoms with Gasteiger partial charge in [-0.05, 0) is 41.4 Å². The summed E-state index contributed by atoms with van der Waals surface area (Å²) in [7, 11) is 0. The lowest BCUT2D eigenvalue weighted by atomic mass is 10.2. The van der Waals surface area contributed by atoms with E-state index in [1.807, 2.05) is 12.3 Å². The molecule has 1 amide bonds. The van der Waals surface area contributed by atoms with Gasteiger partial charge in [0, 0.05) is 25.8 Å². The Morgan fingerprint density at radius 2 is 2.36 bits per heavy atom. The Morgan fingerprint density at radius 1 is 1.44 bits per heavy atom. The number of carbonyl (C=O) groups is 1. The summed E-state index contributed by atoms with van der Waals surface area (Å²) in [5, 5.41) is 7.14. The van der Waals surface area contributed by atoms with Crippen LogP contribution in [0.1, 0.15) is 40.6 Å². The predicted octanol–water partition coefficient (Wildman–Crippen LogP) is 3.04. The monoisotopic (exact) mass is 356 g/mol. The third-order valence-corrected chi connectivity index (χ3v) is 5.29. The van der Waals surface area contributed by atoms with E-state index >= 15 is 0 Å². The Bertz CT molecular complexity index is 839. The van der Waals surface area contributed by atoms with Gasteiger partial charge in [-0.15, -0.1) is 0 Å². The van der Waals surface area contributed by atoms with Crippen molar-refractivity contribution < 1.29 is 9.21 Å². The second-order valence-corrected chi connectivity index (χ2v) is 7.00. The molecule has 25 heavy (non-hydrogen) atoms. The maximum atomic E-state index is 12.4. The summed E-state index contributed by atoms with van der Waals surface area (Å²) in [4.78, 5) is 19.4. The van der Waals surface area contributed by atoms with Crippen molar-refractivity contribution in [3.05, 3.63) is 64.3 Å². The summed E-state index contributed by atoms with van der Waals surface area (Å²) in [5.74, 6) is 1.51. The fraction of sp³-hybridized carbons (Fsp3) is 0.333. The lowest BCUT2D eigenvalue weighted by Crippen LogP contribution is -2.36. The Hall–Kier alpha value is -2.38. The second-order valence-electron chi connectivity index (χ2n) is 6.22. The van der Waals surface area contributed by atoms with Crippen LogP contribution in [0.4, 0.5) is 0 Å². The van der Waals surface area contributed by atoms with Gasteiger partial charge in [-0.1, -0.05) is 0 Å². The SMILES string of the molecule is CC1c2nc(C(=O)NCc3ccco3)cn2CCN1Cc1ccsc1. The molecule has 1 aliphatic heterocycles. The van der Waals surface area contributed by atoms with Crippen molar-refractivity contribution >= 4 is 17.2 Å². The molecule has 0 saturated carbocycles. The first-order valence-electron chi connectivity index (χ1n) is 8.33. The van der Waals surface area contributed by atoms with Gasteiger partial charge in [-0.3, -0.25) is 9.69 Å². The van der Waals surface area contributed by atoms with Crippen LogP contribution in [-0.2, 0) is 19.6 Å². The molecule has 1 atom stereocenters. The van der Waals surface area contributed by atoms with Crippen LogP contribution in [-0.4, -0.2) is 26.9 Å². The van der Waals surface area contributed by atoms with Crippen molar-refractivity contribution in [2.24, 2.45) is 0 Å². The minimum absolute atomic E-state index is 0.171. The Labute approximate surface area is 150 Å². The first-order chi connectivity index (χ1) is 12.2. The number of imidazole rings is 1. The molecular formula is C18H20N4O2S. The number of carbonyl (C=O) groups excluding carboxylic acids is 1. The van der Waals surface area contributed by atoms with Gasteiger partial charge in [0.15, 0.2) is 0 Å². The van der Waals surface area contributed by atoms with Gasteiger partial charge >= 0.3 is 0 Å². The van der Waals surface area contributed by atoms with Gasteiger partial charge < -0.3 is 14.3 Å². The number of furan rings is 1. The van der Waals surface area contributed by atoms with E-state index in [4.69, 9.17) is 4.42 Å². The summed E-state index contributed by atoms with van der Waals surface area (Å²) >= 11 is 1.72. The minimum Gasteiger partial charge on any atom is -0.467 e. The standard InChI is InChI=1S/C18H20N4O2S/c1-13-17-20-16(18(23)19-9-15-3-2-7-24-15)11-22(17)6-5-21(13)10-14-4-8-25-12-14/h2-4,7-8,11-13H,5-6,9-10H2,1H3,(H,19,23). The lowest BCUT2D eigenvalue weighted by molar-refractivity contribution is 0.0943. The smallest absolute Gasteiger partial charge is 0.271 e. The molecule has 0 radical (unpaired) electrons. The van der Waals surface area contributed by atoms with E-state index in [0.717, 1.165) is 31.2 Å². The Kier molecular flexibility index (Phi) is 4.42. The van der Waals surface area contributed by atoms with Crippen molar-refractivity contribution in [1.29, 1.82) is 0 Å². The first kappa shape index (κ1) is 16.1. The van der Waals surface area contributed by atoms with Crippen LogP contribution < -0.4 is 5.32 Å². The number of nitrogens with zero attached hydrogens (tertiary/aromatic N) is 3. The molecule has 1 unspecified atom stereocenters. The number of rotatable bonds is 5. The minimum atomic E-state index is -0.171. The highest BCUT2D eigenvalue weighted by molar-refractivity contribution is 7.07. The molecule has 6 nitrogen and oxygen atoms in total. The highest BCUT2D eigenvalue weighted by Gasteiger charge is 2.27. The molecule has 7 heteroatoms. The van der Waals surface area contributed by atoms with Crippen LogP contribution in [0.2, 0.25) is 0 Å². The fourth-order valence-corrected chi connectivity index (χ4v) is 3.81. The van der Waals surface area contributed by atoms with Crippen LogP contribution in [0.5, 0.6) is 0 Å². The zero-order valence-corrected chi connectivity index (χ0v) is 14.8. The Balaban J connectivity index is 1.44. The number of hydrogen-bond donors (Lipinski definition) is 1. The second kappa shape index (κ2) is 6.85. The quantitative estimate of drug-likeness (QED) is 0.763. The van der Waals surface area contributed by atoms with E-state index in [2.05, 4.69) is 43.5 Å². The normalized spacial score (nSPS) is 17.4. The van der Waals surface area contributed by atoms with Gasteiger partial charge in [-0.25, -0.2) is 4.98 Å². The third kappa shape index (κ3) is 3.38. The third-order valence-electron chi connectivity index (χ3n) is 4.56. The van der Waals surface area contributed by atoms with Crippen molar-refractivity contribution in [3.8, 4) is 0 Å². The highest BCUT2D eigenvalue weighted by Crippen LogP contribution is 2.26. The molecule has 0 spiro atoms. The van der Waals surface area contributed by atoms with Crippen molar-refractivity contribution in [2.45, 2.75) is 32.6 Å². The molecule has 130 valence electrons. The first-order valence-corrected chi connectivity index (χ1v) is 9.28. The van der Waals surface area contributed by atoms with E-state index < -0.39 is 0 Å². The van der Waals surface area contributed by atoms with E-state index in [0.29, 0.717) is 12.2 Å². The average Bonchev–Trinajstić information content (AvgIpc) is 3.37. The van der Waals surface area contributed by atoms with E-state index in [9.17, 15) is 4.79 Å². The molecular weight excluding hydrogens is 336 g/mol. The lowest BCUT2D eigenvalue weighted by Gasteiger charge is -2.33. The maximum Gasteiger partial charge on any atom is 0.271 e. The molecule has 0 bridgehead atoms. The summed E-state index contributed by atoms with van der Waals surface area (Å²) in [5.41, 5.74) is 1.79.